The number of hydrogen-bond donors (Lipinski definition) is 2. The van der Waals surface area contributed by atoms with E-state index in [1.807, 2.05) is 13.0 Å². The van der Waals surface area contributed by atoms with Gasteiger partial charge in [-0.05, 0) is 79.0 Å². The minimum Gasteiger partial charge on any atom is -0.507 e. The third-order valence-electron chi connectivity index (χ3n) is 10.6. The molecule has 42 heavy (non-hydrogen) atoms. The first-order valence-corrected chi connectivity index (χ1v) is 15.1. The lowest BCUT2D eigenvalue weighted by Gasteiger charge is -2.61. The van der Waals surface area contributed by atoms with Crippen LogP contribution in [-0.4, -0.2) is 44.7 Å². The van der Waals surface area contributed by atoms with Gasteiger partial charge in [-0.2, -0.15) is 0 Å². The van der Waals surface area contributed by atoms with Crippen molar-refractivity contribution in [2.24, 2.45) is 40.4 Å². The summed E-state index contributed by atoms with van der Waals surface area (Å²) in [6.07, 6.45) is 7.26. The van der Waals surface area contributed by atoms with Crippen molar-refractivity contribution in [3.8, 4) is 5.75 Å². The molecule has 224 valence electrons. The van der Waals surface area contributed by atoms with Gasteiger partial charge in [0.05, 0.1) is 11.5 Å². The molecule has 5 rings (SSSR count). The van der Waals surface area contributed by atoms with Crippen molar-refractivity contribution >= 4 is 34.5 Å². The van der Waals surface area contributed by atoms with Gasteiger partial charge in [0.25, 0.3) is 0 Å². The Morgan fingerprint density at radius 2 is 1.69 bits per heavy atom. The smallest absolute Gasteiger partial charge is 0.190 e. The van der Waals surface area contributed by atoms with Gasteiger partial charge >= 0.3 is 0 Å². The summed E-state index contributed by atoms with van der Waals surface area (Å²) >= 11 is 0. The summed E-state index contributed by atoms with van der Waals surface area (Å²) in [4.78, 5) is 68.6. The molecule has 1 aromatic rings. The first kappa shape index (κ1) is 30.3. The molecular weight excluding hydrogens is 532 g/mol. The van der Waals surface area contributed by atoms with Gasteiger partial charge in [0.2, 0.25) is 0 Å². The van der Waals surface area contributed by atoms with Gasteiger partial charge < -0.3 is 10.2 Å². The minimum absolute atomic E-state index is 0.0507. The summed E-state index contributed by atoms with van der Waals surface area (Å²) in [5.41, 5.74) is -1.34. The van der Waals surface area contributed by atoms with E-state index in [1.54, 1.807) is 20.8 Å². The lowest BCUT2D eigenvalue weighted by Crippen LogP contribution is -2.76. The monoisotopic (exact) mass is 574 g/mol. The first-order chi connectivity index (χ1) is 19.5. The molecule has 0 saturated heterocycles. The van der Waals surface area contributed by atoms with Gasteiger partial charge in [-0.25, -0.2) is 0 Å². The highest BCUT2D eigenvalue weighted by Gasteiger charge is 2.76. The number of carbonyl (C=O) groups excluding carboxylic acids is 5. The van der Waals surface area contributed by atoms with Crippen LogP contribution < -0.4 is 0 Å². The Morgan fingerprint density at radius 3 is 2.29 bits per heavy atom. The molecule has 4 aliphatic rings. The number of Topliss-reactive ketones (excluding diaryl/α,β-unsaturated/α-hetero) is 5. The molecule has 7 nitrogen and oxygen atoms in total. The largest absolute Gasteiger partial charge is 0.507 e. The Balaban J connectivity index is 1.63. The summed E-state index contributed by atoms with van der Waals surface area (Å²) in [5, 5.41) is 23.1. The Kier molecular flexibility index (Phi) is 7.16. The van der Waals surface area contributed by atoms with Crippen LogP contribution in [0.3, 0.4) is 0 Å². The highest BCUT2D eigenvalue weighted by molar-refractivity contribution is 6.32. The van der Waals surface area contributed by atoms with Gasteiger partial charge in [0.15, 0.2) is 28.7 Å². The molecule has 7 heteroatoms. The molecule has 2 saturated carbocycles. The van der Waals surface area contributed by atoms with E-state index in [2.05, 4.69) is 26.0 Å². The normalized spacial score (nSPS) is 34.3. The molecule has 0 spiro atoms. The molecule has 0 bridgehead atoms. The molecular formula is C35H42O7. The molecule has 2 fully saturated rings. The van der Waals surface area contributed by atoms with E-state index in [0.717, 1.165) is 37.3 Å². The molecule has 0 amide bonds. The van der Waals surface area contributed by atoms with Gasteiger partial charge in [-0.1, -0.05) is 65.3 Å². The van der Waals surface area contributed by atoms with Crippen LogP contribution in [0.5, 0.6) is 5.75 Å². The average Bonchev–Trinajstić information content (AvgIpc) is 3.33. The highest BCUT2D eigenvalue weighted by atomic mass is 16.3. The van der Waals surface area contributed by atoms with Crippen LogP contribution in [0.4, 0.5) is 0 Å². The molecule has 0 radical (unpaired) electrons. The Labute approximate surface area is 247 Å². The predicted molar refractivity (Wildman–Crippen MR) is 158 cm³/mol. The van der Waals surface area contributed by atoms with Crippen molar-refractivity contribution in [2.45, 2.75) is 86.2 Å². The van der Waals surface area contributed by atoms with E-state index < -0.39 is 63.1 Å². The summed E-state index contributed by atoms with van der Waals surface area (Å²) in [6, 6.07) is 3.29. The van der Waals surface area contributed by atoms with Crippen molar-refractivity contribution < 1.29 is 34.2 Å². The number of rotatable bonds is 6. The number of ketones is 5. The van der Waals surface area contributed by atoms with Crippen LogP contribution >= 0.6 is 0 Å². The van der Waals surface area contributed by atoms with E-state index in [-0.39, 0.29) is 30.1 Å². The summed E-state index contributed by atoms with van der Waals surface area (Å²) < 4.78 is 0. The topological polar surface area (TPSA) is 126 Å². The molecule has 4 aliphatic carbocycles. The van der Waals surface area contributed by atoms with Gasteiger partial charge in [-0.3, -0.25) is 24.0 Å². The number of hydrogen-bond acceptors (Lipinski definition) is 7. The van der Waals surface area contributed by atoms with Crippen LogP contribution in [0.2, 0.25) is 0 Å². The minimum atomic E-state index is -2.68. The number of allylic oxidation sites excluding steroid dienone is 4. The van der Waals surface area contributed by atoms with Gasteiger partial charge in [-0.15, -0.1) is 0 Å². The van der Waals surface area contributed by atoms with E-state index in [1.165, 1.54) is 11.6 Å². The van der Waals surface area contributed by atoms with Crippen LogP contribution in [0.15, 0.2) is 29.9 Å². The molecule has 0 aromatic heterocycles. The second-order valence-electron chi connectivity index (χ2n) is 14.4. The fraction of sp³-hybridized carbons (Fsp3) is 0.571. The zero-order valence-electron chi connectivity index (χ0n) is 25.7. The first-order valence-electron chi connectivity index (χ1n) is 15.1. The van der Waals surface area contributed by atoms with E-state index in [0.29, 0.717) is 11.5 Å². The maximum absolute atomic E-state index is 14.4. The van der Waals surface area contributed by atoms with Crippen LogP contribution in [0.1, 0.15) is 95.6 Å². The lowest BCUT2D eigenvalue weighted by molar-refractivity contribution is -0.205. The average molecular weight is 575 g/mol. The third kappa shape index (κ3) is 4.06. The van der Waals surface area contributed by atoms with E-state index in [4.69, 9.17) is 0 Å². The van der Waals surface area contributed by atoms with Crippen LogP contribution in [-0.2, 0) is 25.6 Å². The SMILES string of the molecule is CC(=O)C1C(=O)C(C(C)C)[C@@]2(C)C[C@@]3(C)Cc4c(C5=CC=C(CCC(C)C)C5)ccc(O)c4C(=O)C3C(=O)[C@@]2(O)C1=O. The zero-order valence-corrected chi connectivity index (χ0v) is 25.7. The van der Waals surface area contributed by atoms with Crippen molar-refractivity contribution in [1.29, 1.82) is 0 Å². The molecule has 0 aliphatic heterocycles. The predicted octanol–water partition coefficient (Wildman–Crippen LogP) is 5.24. The molecule has 6 atom stereocenters. The van der Waals surface area contributed by atoms with Gasteiger partial charge in [0.1, 0.15) is 17.5 Å². The molecule has 3 unspecified atom stereocenters. The number of aliphatic hydroxyl groups is 1. The second-order valence-corrected chi connectivity index (χ2v) is 14.4. The van der Waals surface area contributed by atoms with Crippen molar-refractivity contribution in [1.82, 2.24) is 0 Å². The lowest BCUT2D eigenvalue weighted by atomic mass is 9.40. The zero-order chi connectivity index (χ0) is 31.1. The number of aromatic hydroxyl groups is 1. The fourth-order valence-electron chi connectivity index (χ4n) is 8.85. The van der Waals surface area contributed by atoms with Crippen molar-refractivity contribution in [3.05, 3.63) is 46.5 Å². The summed E-state index contributed by atoms with van der Waals surface area (Å²) in [5.74, 6) is -8.15. The van der Waals surface area contributed by atoms with E-state index >= 15 is 0 Å². The van der Waals surface area contributed by atoms with Crippen LogP contribution in [0, 0.1) is 40.4 Å². The maximum atomic E-state index is 14.4. The Bertz CT molecular complexity index is 1490. The number of fused-ring (bicyclic) bond motifs is 3. The Hall–Kier alpha value is -3.19. The van der Waals surface area contributed by atoms with Crippen LogP contribution in [0.25, 0.3) is 5.57 Å². The quantitative estimate of drug-likeness (QED) is 0.445. The maximum Gasteiger partial charge on any atom is 0.190 e. The Morgan fingerprint density at radius 1 is 1.02 bits per heavy atom. The number of benzene rings is 1. The molecule has 2 N–H and O–H groups in total. The highest BCUT2D eigenvalue weighted by Crippen LogP contribution is 2.64. The van der Waals surface area contributed by atoms with Gasteiger partial charge in [0, 0.05) is 11.3 Å². The number of phenolic OH excluding ortho intramolecular Hbond substituents is 1. The third-order valence-corrected chi connectivity index (χ3v) is 10.6. The summed E-state index contributed by atoms with van der Waals surface area (Å²) in [7, 11) is 0. The fourth-order valence-corrected chi connectivity index (χ4v) is 8.85. The number of carbonyl (C=O) groups is 5. The second kappa shape index (κ2) is 9.94. The standard InChI is InChI=1S/C35H42O7/c1-17(2)8-9-20-10-11-21(14-20)22-12-13-24(37)26-23(22)15-33(6)16-34(7)27(18(3)4)29(38)25(19(5)36)31(40)35(34,42)32(41)28(33)30(26)39/h10-13,17-18,25,27-28,37,42H,8-9,14-16H2,1-7H3/t25?,27?,28?,33-,34-,35+/m1/s1. The van der Waals surface area contributed by atoms with Crippen molar-refractivity contribution in [2.75, 3.05) is 0 Å². The molecule has 1 aromatic carbocycles. The van der Waals surface area contributed by atoms with E-state index in [9.17, 15) is 34.2 Å². The summed E-state index contributed by atoms with van der Waals surface area (Å²) in [6.45, 7) is 12.5. The molecule has 0 heterocycles. The van der Waals surface area contributed by atoms with Crippen molar-refractivity contribution in [3.63, 3.8) is 0 Å². The number of phenols is 1.